The maximum atomic E-state index is 9.69. The number of allylic oxidation sites excluding steroid dienone is 2. The molecule has 2 nitrogen and oxygen atoms in total. The van der Waals surface area contributed by atoms with E-state index in [0.717, 1.165) is 12.8 Å². The molecule has 2 aromatic rings. The van der Waals surface area contributed by atoms with Gasteiger partial charge in [0.25, 0.3) is 0 Å². The molecule has 2 aromatic carbocycles. The molecule has 0 bridgehead atoms. The number of rotatable bonds is 8. The maximum Gasteiger partial charge on any atom is 0.143 e. The predicted octanol–water partition coefficient (Wildman–Crippen LogP) is 9.52. The second-order valence-corrected chi connectivity index (χ2v) is 10.3. The van der Waals surface area contributed by atoms with E-state index in [1.54, 1.807) is 6.08 Å². The van der Waals surface area contributed by atoms with Gasteiger partial charge in [-0.25, -0.2) is 0 Å². The summed E-state index contributed by atoms with van der Waals surface area (Å²) in [6.07, 6.45) is 14.9. The molecule has 1 aliphatic carbocycles. The molecular weight excluding hydrogens is 450 g/mol. The lowest BCUT2D eigenvalue weighted by Gasteiger charge is -2.39. The van der Waals surface area contributed by atoms with E-state index in [9.17, 15) is 4.79 Å². The number of carbonyl (C=O) groups excluding carboxylic acids is 1. The van der Waals surface area contributed by atoms with Crippen LogP contribution in [0.2, 0.25) is 0 Å². The van der Waals surface area contributed by atoms with Crippen LogP contribution in [-0.2, 0) is 17.6 Å². The minimum absolute atomic E-state index is 0.0324. The summed E-state index contributed by atoms with van der Waals surface area (Å²) in [6, 6.07) is 17.4. The van der Waals surface area contributed by atoms with Crippen LogP contribution >= 0.6 is 0 Å². The Balaban J connectivity index is 0.000000627. The molecule has 0 saturated heterocycles. The van der Waals surface area contributed by atoms with Gasteiger partial charge in [-0.3, -0.25) is 4.79 Å². The molecule has 0 heterocycles. The Kier molecular flexibility index (Phi) is 19.2. The summed E-state index contributed by atoms with van der Waals surface area (Å²) < 4.78 is 0. The number of aryl methyl sites for hydroxylation is 4. The Labute approximate surface area is 229 Å². The van der Waals surface area contributed by atoms with Crippen molar-refractivity contribution in [2.45, 2.75) is 106 Å². The third-order valence-corrected chi connectivity index (χ3v) is 7.06. The third kappa shape index (κ3) is 14.8. The number of hydrogen-bond donors (Lipinski definition) is 1. The molecule has 0 unspecified atom stereocenters. The van der Waals surface area contributed by atoms with E-state index >= 15 is 0 Å². The Morgan fingerprint density at radius 1 is 1.00 bits per heavy atom. The van der Waals surface area contributed by atoms with Gasteiger partial charge in [0.2, 0.25) is 0 Å². The molecule has 1 fully saturated rings. The lowest BCUT2D eigenvalue weighted by atomic mass is 9.66. The van der Waals surface area contributed by atoms with Crippen molar-refractivity contribution >= 4 is 5.78 Å². The van der Waals surface area contributed by atoms with Crippen molar-refractivity contribution in [2.75, 3.05) is 6.54 Å². The smallest absolute Gasteiger partial charge is 0.143 e. The summed E-state index contributed by atoms with van der Waals surface area (Å²) in [6.45, 7) is 20.2. The van der Waals surface area contributed by atoms with E-state index in [2.05, 4.69) is 89.4 Å². The van der Waals surface area contributed by atoms with Crippen molar-refractivity contribution in [1.82, 2.24) is 0 Å². The van der Waals surface area contributed by atoms with Crippen LogP contribution in [0.4, 0.5) is 0 Å². The highest BCUT2D eigenvalue weighted by molar-refractivity contribution is 5.77. The summed E-state index contributed by atoms with van der Waals surface area (Å²) >= 11 is 0. The lowest BCUT2D eigenvalue weighted by molar-refractivity contribution is -0.115. The van der Waals surface area contributed by atoms with Crippen LogP contribution in [0.25, 0.3) is 0 Å². The number of Topliss-reactive ketones (excluding diaryl/α,β-unsaturated/α-hetero) is 1. The van der Waals surface area contributed by atoms with Gasteiger partial charge in [0.15, 0.2) is 0 Å². The van der Waals surface area contributed by atoms with Gasteiger partial charge in [-0.05, 0) is 88.3 Å². The molecule has 0 radical (unpaired) electrons. The first kappa shape index (κ1) is 34.6. The quantitative estimate of drug-likeness (QED) is 0.363. The summed E-state index contributed by atoms with van der Waals surface area (Å²) in [5, 5.41) is 0. The fourth-order valence-corrected chi connectivity index (χ4v) is 4.75. The standard InChI is InChI=1S/C20H30.C9H12.C3H7NO.C3H6/c1-4-14-20(15-8-5-9-16-20)18(3)12-13-19-11-7-6-10-17(19)2;1-3-9-6-4-8(2)5-7-9;1-3(5)2-4;1-3-2/h6-7,10-11H,3-5,8-9,12-16H2,1-2H3;4-7H,3H2,1-2H3;2,4H2,1H3;3H,1H2,2H3. The van der Waals surface area contributed by atoms with Gasteiger partial charge >= 0.3 is 0 Å². The van der Waals surface area contributed by atoms with Crippen LogP contribution < -0.4 is 5.73 Å². The molecular formula is C35H55NO. The first-order valence-electron chi connectivity index (χ1n) is 14.2. The van der Waals surface area contributed by atoms with Crippen molar-refractivity contribution < 1.29 is 4.79 Å². The van der Waals surface area contributed by atoms with Crippen LogP contribution in [0, 0.1) is 19.3 Å². The zero-order valence-corrected chi connectivity index (χ0v) is 24.9. The molecule has 2 heteroatoms. The fraction of sp³-hybridized carbons (Fsp3) is 0.514. The molecule has 37 heavy (non-hydrogen) atoms. The van der Waals surface area contributed by atoms with Crippen molar-refractivity contribution in [1.29, 1.82) is 0 Å². The lowest BCUT2D eigenvalue weighted by Crippen LogP contribution is -2.26. The molecule has 0 spiro atoms. The van der Waals surface area contributed by atoms with Gasteiger partial charge in [0.05, 0.1) is 6.54 Å². The third-order valence-electron chi connectivity index (χ3n) is 7.06. The second-order valence-electron chi connectivity index (χ2n) is 10.3. The van der Waals surface area contributed by atoms with Crippen LogP contribution in [0.5, 0.6) is 0 Å². The molecule has 0 atom stereocenters. The molecule has 1 saturated carbocycles. The minimum Gasteiger partial charge on any atom is -0.324 e. The van der Waals surface area contributed by atoms with E-state index < -0.39 is 0 Å². The maximum absolute atomic E-state index is 9.69. The summed E-state index contributed by atoms with van der Waals surface area (Å²) in [5.74, 6) is 0.0324. The number of nitrogens with two attached hydrogens (primary N) is 1. The number of ketones is 1. The average molecular weight is 506 g/mol. The van der Waals surface area contributed by atoms with Crippen LogP contribution in [0.1, 0.15) is 101 Å². The van der Waals surface area contributed by atoms with E-state index in [-0.39, 0.29) is 12.3 Å². The van der Waals surface area contributed by atoms with Crippen molar-refractivity contribution in [3.63, 3.8) is 0 Å². The van der Waals surface area contributed by atoms with E-state index in [1.165, 1.54) is 86.1 Å². The molecule has 2 N–H and O–H groups in total. The fourth-order valence-electron chi connectivity index (χ4n) is 4.75. The van der Waals surface area contributed by atoms with Crippen LogP contribution in [0.15, 0.2) is 73.3 Å². The molecule has 3 rings (SSSR count). The van der Waals surface area contributed by atoms with Gasteiger partial charge in [-0.1, -0.05) is 112 Å². The zero-order valence-electron chi connectivity index (χ0n) is 24.9. The number of benzene rings is 2. The van der Waals surface area contributed by atoms with Crippen molar-refractivity contribution in [3.8, 4) is 0 Å². The molecule has 0 amide bonds. The molecule has 1 aliphatic rings. The van der Waals surface area contributed by atoms with Gasteiger partial charge in [0, 0.05) is 0 Å². The highest BCUT2D eigenvalue weighted by Gasteiger charge is 2.33. The van der Waals surface area contributed by atoms with Gasteiger partial charge in [0.1, 0.15) is 5.78 Å². The monoisotopic (exact) mass is 505 g/mol. The Morgan fingerprint density at radius 3 is 2.00 bits per heavy atom. The summed E-state index contributed by atoms with van der Waals surface area (Å²) in [7, 11) is 0. The highest BCUT2D eigenvalue weighted by atomic mass is 16.1. The Bertz CT molecular complexity index is 882. The van der Waals surface area contributed by atoms with Gasteiger partial charge in [-0.15, -0.1) is 6.58 Å². The number of carbonyl (C=O) groups is 1. The number of hydrogen-bond acceptors (Lipinski definition) is 2. The topological polar surface area (TPSA) is 43.1 Å². The van der Waals surface area contributed by atoms with Crippen LogP contribution in [0.3, 0.4) is 0 Å². The Hall–Kier alpha value is -2.45. The van der Waals surface area contributed by atoms with Crippen LogP contribution in [-0.4, -0.2) is 12.3 Å². The molecule has 0 aliphatic heterocycles. The minimum atomic E-state index is 0.0324. The first-order chi connectivity index (χ1) is 17.7. The van der Waals surface area contributed by atoms with Crippen molar-refractivity contribution in [3.05, 3.63) is 95.6 Å². The van der Waals surface area contributed by atoms with Gasteiger partial charge < -0.3 is 5.73 Å². The van der Waals surface area contributed by atoms with Crippen molar-refractivity contribution in [2.24, 2.45) is 11.1 Å². The highest BCUT2D eigenvalue weighted by Crippen LogP contribution is 2.46. The summed E-state index contributed by atoms with van der Waals surface area (Å²) in [4.78, 5) is 9.69. The van der Waals surface area contributed by atoms with E-state index in [1.807, 2.05) is 6.92 Å². The average Bonchev–Trinajstić information content (AvgIpc) is 2.90. The SMILES string of the molecule is C=C(CCc1ccccc1C)C1(CCC)CCCCC1.C=CC.CC(=O)CN.CCc1ccc(C)cc1. The van der Waals surface area contributed by atoms with E-state index in [4.69, 9.17) is 5.73 Å². The summed E-state index contributed by atoms with van der Waals surface area (Å²) in [5.41, 5.74) is 12.5. The molecule has 206 valence electrons. The molecule has 0 aromatic heterocycles. The predicted molar refractivity (Wildman–Crippen MR) is 165 cm³/mol. The normalized spacial score (nSPS) is 13.4. The van der Waals surface area contributed by atoms with Gasteiger partial charge in [-0.2, -0.15) is 0 Å². The Morgan fingerprint density at radius 2 is 1.54 bits per heavy atom. The van der Waals surface area contributed by atoms with E-state index in [0.29, 0.717) is 5.41 Å². The zero-order chi connectivity index (χ0) is 28.1. The largest absolute Gasteiger partial charge is 0.324 e. The first-order valence-corrected chi connectivity index (χ1v) is 14.2. The second kappa shape index (κ2) is 20.6.